The molecule has 3 nitrogen and oxygen atoms in total. The topological polar surface area (TPSA) is 42.2 Å². The van der Waals surface area contributed by atoms with Crippen molar-refractivity contribution in [2.45, 2.75) is 123 Å². The summed E-state index contributed by atoms with van der Waals surface area (Å²) in [6.07, 6.45) is 24.0. The minimum absolute atomic E-state index is 0.437. The van der Waals surface area contributed by atoms with Gasteiger partial charge in [0.15, 0.2) is 0 Å². The van der Waals surface area contributed by atoms with Crippen molar-refractivity contribution in [2.24, 2.45) is 0 Å². The first-order valence-electron chi connectivity index (χ1n) is 11.6. The molecule has 156 valence electrons. The molecule has 0 unspecified atom stereocenters. The summed E-state index contributed by atoms with van der Waals surface area (Å²) in [6, 6.07) is 1.71. The Kier molecular flexibility index (Phi) is 13.9. The van der Waals surface area contributed by atoms with Crippen LogP contribution in [0.3, 0.4) is 0 Å². The highest BCUT2D eigenvalue weighted by molar-refractivity contribution is 5.88. The standard InChI is InChI=1S/C24H43NO2/c1-3-4-5-6-7-8-9-10-11-12-13-14-15-16-17-18-20-25-21-19-23(22(25)2)24(26)27/h19,21H,3-18,20H2,1-2H3,(H,26,27). The number of carboxylic acids is 1. The molecule has 0 spiro atoms. The molecule has 0 aliphatic carbocycles. The van der Waals surface area contributed by atoms with Crippen LogP contribution >= 0.6 is 0 Å². The van der Waals surface area contributed by atoms with Crippen LogP contribution in [0.4, 0.5) is 0 Å². The lowest BCUT2D eigenvalue weighted by atomic mass is 10.0. The molecule has 1 N–H and O–H groups in total. The number of aryl methyl sites for hydroxylation is 1. The van der Waals surface area contributed by atoms with E-state index in [9.17, 15) is 4.79 Å². The Morgan fingerprint density at radius 2 is 1.19 bits per heavy atom. The van der Waals surface area contributed by atoms with Crippen molar-refractivity contribution in [3.05, 3.63) is 23.5 Å². The van der Waals surface area contributed by atoms with Gasteiger partial charge in [0.2, 0.25) is 0 Å². The van der Waals surface area contributed by atoms with Gasteiger partial charge >= 0.3 is 5.97 Å². The molecule has 1 aromatic heterocycles. The Morgan fingerprint density at radius 3 is 1.56 bits per heavy atom. The summed E-state index contributed by atoms with van der Waals surface area (Å²) in [5.74, 6) is -0.821. The summed E-state index contributed by atoms with van der Waals surface area (Å²) in [7, 11) is 0. The number of aromatic nitrogens is 1. The van der Waals surface area contributed by atoms with Crippen molar-refractivity contribution in [3.63, 3.8) is 0 Å². The first kappa shape index (κ1) is 23.8. The van der Waals surface area contributed by atoms with Gasteiger partial charge in [-0.25, -0.2) is 4.79 Å². The average Bonchev–Trinajstić information content (AvgIpc) is 3.02. The largest absolute Gasteiger partial charge is 0.478 e. The van der Waals surface area contributed by atoms with Crippen LogP contribution in [-0.2, 0) is 6.54 Å². The third-order valence-corrected chi connectivity index (χ3v) is 5.72. The molecule has 1 aromatic rings. The molecule has 0 radical (unpaired) electrons. The number of carbonyl (C=O) groups is 1. The van der Waals surface area contributed by atoms with Crippen LogP contribution in [0.25, 0.3) is 0 Å². The van der Waals surface area contributed by atoms with Gasteiger partial charge in [0.1, 0.15) is 0 Å². The molecule has 1 heterocycles. The summed E-state index contributed by atoms with van der Waals surface area (Å²) < 4.78 is 2.08. The van der Waals surface area contributed by atoms with Crippen molar-refractivity contribution in [3.8, 4) is 0 Å². The number of nitrogens with zero attached hydrogens (tertiary/aromatic N) is 1. The van der Waals surface area contributed by atoms with Crippen LogP contribution in [0.5, 0.6) is 0 Å². The van der Waals surface area contributed by atoms with Gasteiger partial charge in [-0.1, -0.05) is 103 Å². The number of unbranched alkanes of at least 4 members (excludes halogenated alkanes) is 15. The van der Waals surface area contributed by atoms with Crippen LogP contribution in [0.1, 0.15) is 126 Å². The Labute approximate surface area is 167 Å². The Balaban J connectivity index is 1.84. The zero-order valence-electron chi connectivity index (χ0n) is 18.0. The highest BCUT2D eigenvalue weighted by atomic mass is 16.4. The van der Waals surface area contributed by atoms with Gasteiger partial charge in [-0.3, -0.25) is 0 Å². The third kappa shape index (κ3) is 11.2. The number of carboxylic acid groups (broad SMARTS) is 1. The van der Waals surface area contributed by atoms with E-state index in [2.05, 4.69) is 11.5 Å². The van der Waals surface area contributed by atoms with E-state index in [0.29, 0.717) is 5.56 Å². The smallest absolute Gasteiger partial charge is 0.337 e. The van der Waals surface area contributed by atoms with Gasteiger partial charge in [-0.05, 0) is 19.4 Å². The van der Waals surface area contributed by atoms with E-state index in [-0.39, 0.29) is 0 Å². The normalized spacial score (nSPS) is 11.2. The van der Waals surface area contributed by atoms with Crippen LogP contribution in [-0.4, -0.2) is 15.6 Å². The molecule has 0 fully saturated rings. The minimum atomic E-state index is -0.821. The van der Waals surface area contributed by atoms with Crippen molar-refractivity contribution in [1.82, 2.24) is 4.57 Å². The molecule has 27 heavy (non-hydrogen) atoms. The Morgan fingerprint density at radius 1 is 0.778 bits per heavy atom. The van der Waals surface area contributed by atoms with E-state index < -0.39 is 5.97 Å². The molecule has 0 bridgehead atoms. The van der Waals surface area contributed by atoms with E-state index in [4.69, 9.17) is 5.11 Å². The zero-order chi connectivity index (χ0) is 19.7. The van der Waals surface area contributed by atoms with E-state index in [0.717, 1.165) is 18.7 Å². The second-order valence-corrected chi connectivity index (χ2v) is 8.12. The number of aromatic carboxylic acids is 1. The fourth-order valence-corrected chi connectivity index (χ4v) is 3.85. The number of rotatable bonds is 18. The van der Waals surface area contributed by atoms with E-state index in [1.165, 1.54) is 96.3 Å². The lowest BCUT2D eigenvalue weighted by molar-refractivity contribution is 0.0696. The van der Waals surface area contributed by atoms with Crippen molar-refractivity contribution < 1.29 is 9.90 Å². The highest BCUT2D eigenvalue weighted by Crippen LogP contribution is 2.15. The highest BCUT2D eigenvalue weighted by Gasteiger charge is 2.10. The first-order valence-corrected chi connectivity index (χ1v) is 11.6. The molecule has 0 aliphatic rings. The number of hydrogen-bond acceptors (Lipinski definition) is 1. The SMILES string of the molecule is CCCCCCCCCCCCCCCCCCn1ccc(C(=O)O)c1C. The minimum Gasteiger partial charge on any atom is -0.478 e. The lowest BCUT2D eigenvalue weighted by Gasteiger charge is -2.07. The maximum Gasteiger partial charge on any atom is 0.337 e. The van der Waals surface area contributed by atoms with Gasteiger partial charge < -0.3 is 9.67 Å². The molecule has 0 aliphatic heterocycles. The maximum atomic E-state index is 11.0. The van der Waals surface area contributed by atoms with Crippen molar-refractivity contribution >= 4 is 5.97 Å². The van der Waals surface area contributed by atoms with Gasteiger partial charge in [0.05, 0.1) is 5.56 Å². The molecular formula is C24H43NO2. The van der Waals surface area contributed by atoms with Gasteiger partial charge in [0, 0.05) is 18.4 Å². The predicted octanol–water partition coefficient (Wildman–Crippen LogP) is 7.76. The molecule has 0 amide bonds. The van der Waals surface area contributed by atoms with Crippen LogP contribution in [0, 0.1) is 6.92 Å². The molecule has 0 saturated heterocycles. The molecule has 0 aromatic carbocycles. The van der Waals surface area contributed by atoms with Crippen LogP contribution in [0.2, 0.25) is 0 Å². The number of hydrogen-bond donors (Lipinski definition) is 1. The Bertz CT molecular complexity index is 493. The second kappa shape index (κ2) is 15.8. The summed E-state index contributed by atoms with van der Waals surface area (Å²) >= 11 is 0. The lowest BCUT2D eigenvalue weighted by Crippen LogP contribution is -2.03. The second-order valence-electron chi connectivity index (χ2n) is 8.12. The molecule has 3 heteroatoms. The monoisotopic (exact) mass is 377 g/mol. The van der Waals surface area contributed by atoms with Crippen molar-refractivity contribution in [2.75, 3.05) is 0 Å². The average molecular weight is 378 g/mol. The van der Waals surface area contributed by atoms with E-state index in [1.807, 2.05) is 13.1 Å². The quantitative estimate of drug-likeness (QED) is 0.266. The zero-order valence-corrected chi connectivity index (χ0v) is 18.0. The summed E-state index contributed by atoms with van der Waals surface area (Å²) in [5, 5.41) is 9.08. The Hall–Kier alpha value is -1.25. The maximum absolute atomic E-state index is 11.0. The van der Waals surface area contributed by atoms with Crippen molar-refractivity contribution in [1.29, 1.82) is 0 Å². The van der Waals surface area contributed by atoms with Gasteiger partial charge in [-0.15, -0.1) is 0 Å². The van der Waals surface area contributed by atoms with Gasteiger partial charge in [0.25, 0.3) is 0 Å². The third-order valence-electron chi connectivity index (χ3n) is 5.72. The molecule has 0 atom stereocenters. The summed E-state index contributed by atoms with van der Waals surface area (Å²) in [6.45, 7) is 5.12. The fourth-order valence-electron chi connectivity index (χ4n) is 3.85. The summed E-state index contributed by atoms with van der Waals surface area (Å²) in [5.41, 5.74) is 1.31. The predicted molar refractivity (Wildman–Crippen MR) is 116 cm³/mol. The van der Waals surface area contributed by atoms with Crippen LogP contribution in [0.15, 0.2) is 12.3 Å². The van der Waals surface area contributed by atoms with Gasteiger partial charge in [-0.2, -0.15) is 0 Å². The van der Waals surface area contributed by atoms with Crippen LogP contribution < -0.4 is 0 Å². The molecule has 0 saturated carbocycles. The molecule has 1 rings (SSSR count). The first-order chi connectivity index (χ1) is 13.2. The summed E-state index contributed by atoms with van der Waals surface area (Å²) in [4.78, 5) is 11.0. The fraction of sp³-hybridized carbons (Fsp3) is 0.792. The van der Waals surface area contributed by atoms with E-state index >= 15 is 0 Å². The van der Waals surface area contributed by atoms with E-state index in [1.54, 1.807) is 6.07 Å². The molecular weight excluding hydrogens is 334 g/mol.